The first-order valence-electron chi connectivity index (χ1n) is 4.90. The molecule has 0 radical (unpaired) electrons. The Morgan fingerprint density at radius 2 is 2.20 bits per heavy atom. The second kappa shape index (κ2) is 6.75. The number of primary amides is 1. The Hall–Kier alpha value is -0.670. The van der Waals surface area contributed by atoms with Crippen molar-refractivity contribution in [1.29, 1.82) is 0 Å². The number of hydrogen-bond acceptors (Lipinski definition) is 3. The smallest absolute Gasteiger partial charge is 0.217 e. The van der Waals surface area contributed by atoms with Crippen LogP contribution in [0.15, 0.2) is 0 Å². The average Bonchev–Trinajstić information content (AvgIpc) is 2.11. The van der Waals surface area contributed by atoms with Crippen molar-refractivity contribution in [3.05, 3.63) is 0 Å². The van der Waals surface area contributed by atoms with Gasteiger partial charge in [0.15, 0.2) is 0 Å². The maximum absolute atomic E-state index is 11.6. The van der Waals surface area contributed by atoms with Gasteiger partial charge in [-0.05, 0) is 12.3 Å². The molecule has 0 aromatic carbocycles. The van der Waals surface area contributed by atoms with Crippen LogP contribution in [0.5, 0.6) is 0 Å². The van der Waals surface area contributed by atoms with Crippen molar-refractivity contribution in [3.63, 3.8) is 0 Å². The third kappa shape index (κ3) is 8.33. The van der Waals surface area contributed by atoms with Crippen LogP contribution in [0.25, 0.3) is 0 Å². The zero-order valence-electron chi connectivity index (χ0n) is 8.89. The average molecular weight is 235 g/mol. The predicted molar refractivity (Wildman–Crippen MR) is 57.8 cm³/mol. The lowest BCUT2D eigenvalue weighted by Crippen LogP contribution is -2.14. The lowest BCUT2D eigenvalue weighted by molar-refractivity contribution is -0.117. The number of carbonyl (C=O) groups excluding carboxylic acids is 2. The molecule has 0 aromatic rings. The van der Waals surface area contributed by atoms with Crippen LogP contribution in [0, 0.1) is 5.92 Å². The quantitative estimate of drug-likeness (QED) is 0.479. The number of rotatable bonds is 8. The first-order valence-corrected chi connectivity index (χ1v) is 6.93. The van der Waals surface area contributed by atoms with Gasteiger partial charge in [-0.2, -0.15) is 0 Å². The molecular formula is C9H18NO4P. The van der Waals surface area contributed by atoms with Crippen LogP contribution in [-0.4, -0.2) is 29.4 Å². The standard InChI is InChI=1S/C9H18NO4P/c1-8(3-2-5-11)7-15(13,14)6-4-9(10)12/h5,8H,2-4,6-7H2,1H3,(H2,10,12)(H,13,14). The van der Waals surface area contributed by atoms with E-state index in [1.807, 2.05) is 6.92 Å². The van der Waals surface area contributed by atoms with Crippen LogP contribution in [-0.2, 0) is 14.2 Å². The molecule has 0 spiro atoms. The lowest BCUT2D eigenvalue weighted by Gasteiger charge is -2.15. The molecule has 0 aliphatic rings. The SMILES string of the molecule is CC(CCC=O)CP(=O)(O)CCC(N)=O. The van der Waals surface area contributed by atoms with E-state index in [9.17, 15) is 19.0 Å². The first kappa shape index (κ1) is 14.3. The second-order valence-electron chi connectivity index (χ2n) is 3.82. The maximum atomic E-state index is 11.6. The third-order valence-corrected chi connectivity index (χ3v) is 4.20. The Bertz CT molecular complexity index is 267. The Morgan fingerprint density at radius 1 is 1.60 bits per heavy atom. The number of aldehydes is 1. The van der Waals surface area contributed by atoms with E-state index in [4.69, 9.17) is 5.73 Å². The van der Waals surface area contributed by atoms with Crippen LogP contribution in [0.3, 0.4) is 0 Å². The molecule has 0 saturated heterocycles. The molecule has 0 heterocycles. The molecule has 0 bridgehead atoms. The van der Waals surface area contributed by atoms with Gasteiger partial charge in [0.1, 0.15) is 6.29 Å². The van der Waals surface area contributed by atoms with Gasteiger partial charge in [-0.1, -0.05) is 6.92 Å². The summed E-state index contributed by atoms with van der Waals surface area (Å²) in [6, 6.07) is 0. The van der Waals surface area contributed by atoms with Crippen molar-refractivity contribution in [2.24, 2.45) is 11.7 Å². The summed E-state index contributed by atoms with van der Waals surface area (Å²) >= 11 is 0. The van der Waals surface area contributed by atoms with Gasteiger partial charge in [0.25, 0.3) is 0 Å². The summed E-state index contributed by atoms with van der Waals surface area (Å²) in [5.74, 6) is -0.552. The summed E-state index contributed by atoms with van der Waals surface area (Å²) in [5.41, 5.74) is 4.89. The van der Waals surface area contributed by atoms with E-state index in [0.717, 1.165) is 6.29 Å². The van der Waals surface area contributed by atoms with Crippen molar-refractivity contribution in [2.75, 3.05) is 12.3 Å². The van der Waals surface area contributed by atoms with Gasteiger partial charge in [0, 0.05) is 25.2 Å². The minimum atomic E-state index is -3.26. The Morgan fingerprint density at radius 3 is 2.67 bits per heavy atom. The Balaban J connectivity index is 3.95. The lowest BCUT2D eigenvalue weighted by atomic mass is 10.1. The highest BCUT2D eigenvalue weighted by Crippen LogP contribution is 2.43. The van der Waals surface area contributed by atoms with Crippen LogP contribution in [0.4, 0.5) is 0 Å². The molecule has 0 aliphatic heterocycles. The summed E-state index contributed by atoms with van der Waals surface area (Å²) < 4.78 is 11.6. The van der Waals surface area contributed by atoms with Gasteiger partial charge in [-0.3, -0.25) is 9.36 Å². The van der Waals surface area contributed by atoms with Gasteiger partial charge in [0.05, 0.1) is 0 Å². The highest BCUT2D eigenvalue weighted by molar-refractivity contribution is 7.58. The van der Waals surface area contributed by atoms with Crippen molar-refractivity contribution in [2.45, 2.75) is 26.2 Å². The fourth-order valence-electron chi connectivity index (χ4n) is 1.31. The minimum Gasteiger partial charge on any atom is -0.370 e. The van der Waals surface area contributed by atoms with E-state index in [1.54, 1.807) is 0 Å². The largest absolute Gasteiger partial charge is 0.370 e. The summed E-state index contributed by atoms with van der Waals surface area (Å²) in [6.07, 6.45) is 1.82. The van der Waals surface area contributed by atoms with Crippen molar-refractivity contribution in [3.8, 4) is 0 Å². The molecule has 3 N–H and O–H groups in total. The van der Waals surface area contributed by atoms with Gasteiger partial charge in [-0.25, -0.2) is 0 Å². The summed E-state index contributed by atoms with van der Waals surface area (Å²) in [4.78, 5) is 30.0. The van der Waals surface area contributed by atoms with Crippen LogP contribution < -0.4 is 5.73 Å². The van der Waals surface area contributed by atoms with Gasteiger partial charge < -0.3 is 15.4 Å². The topological polar surface area (TPSA) is 97.5 Å². The van der Waals surface area contributed by atoms with E-state index in [1.165, 1.54) is 0 Å². The number of amides is 1. The molecule has 5 nitrogen and oxygen atoms in total. The fourth-order valence-corrected chi connectivity index (χ4v) is 3.22. The van der Waals surface area contributed by atoms with E-state index in [0.29, 0.717) is 12.8 Å². The van der Waals surface area contributed by atoms with Gasteiger partial charge in [-0.15, -0.1) is 0 Å². The number of carbonyl (C=O) groups is 2. The Labute approximate surface area is 89.5 Å². The second-order valence-corrected chi connectivity index (χ2v) is 6.32. The zero-order chi connectivity index (χ0) is 11.9. The molecule has 0 saturated carbocycles. The molecule has 15 heavy (non-hydrogen) atoms. The minimum absolute atomic E-state index is 0.0129. The van der Waals surface area contributed by atoms with E-state index < -0.39 is 13.3 Å². The Kier molecular flexibility index (Phi) is 6.45. The molecule has 88 valence electrons. The molecule has 0 rings (SSSR count). The van der Waals surface area contributed by atoms with Crippen molar-refractivity contribution < 1.29 is 19.0 Å². The highest BCUT2D eigenvalue weighted by Gasteiger charge is 2.21. The third-order valence-electron chi connectivity index (χ3n) is 2.08. The predicted octanol–water partition coefficient (Wildman–Crippen LogP) is 0.747. The van der Waals surface area contributed by atoms with E-state index in [-0.39, 0.29) is 24.7 Å². The molecule has 0 aliphatic carbocycles. The van der Waals surface area contributed by atoms with Gasteiger partial charge in [0.2, 0.25) is 13.3 Å². The monoisotopic (exact) mass is 235 g/mol. The molecule has 1 amide bonds. The first-order chi connectivity index (χ1) is 6.87. The molecular weight excluding hydrogens is 217 g/mol. The molecule has 6 heteroatoms. The summed E-state index contributed by atoms with van der Waals surface area (Å²) in [6.45, 7) is 1.82. The maximum Gasteiger partial charge on any atom is 0.217 e. The molecule has 0 aromatic heterocycles. The summed E-state index contributed by atoms with van der Waals surface area (Å²) in [7, 11) is -3.26. The van der Waals surface area contributed by atoms with E-state index >= 15 is 0 Å². The molecule has 2 unspecified atom stereocenters. The fraction of sp³-hybridized carbons (Fsp3) is 0.778. The van der Waals surface area contributed by atoms with Crippen LogP contribution in [0.1, 0.15) is 26.2 Å². The molecule has 2 atom stereocenters. The number of nitrogens with two attached hydrogens (primary N) is 1. The van der Waals surface area contributed by atoms with Crippen LogP contribution >= 0.6 is 7.37 Å². The highest BCUT2D eigenvalue weighted by atomic mass is 31.2. The number of hydrogen-bond donors (Lipinski definition) is 2. The van der Waals surface area contributed by atoms with E-state index in [2.05, 4.69) is 0 Å². The molecule has 0 fully saturated rings. The normalized spacial score (nSPS) is 16.7. The van der Waals surface area contributed by atoms with Crippen molar-refractivity contribution >= 4 is 19.6 Å². The van der Waals surface area contributed by atoms with Crippen LogP contribution in [0.2, 0.25) is 0 Å². The zero-order valence-corrected chi connectivity index (χ0v) is 9.78. The van der Waals surface area contributed by atoms with Crippen molar-refractivity contribution in [1.82, 2.24) is 0 Å². The van der Waals surface area contributed by atoms with Gasteiger partial charge >= 0.3 is 0 Å². The summed E-state index contributed by atoms with van der Waals surface area (Å²) in [5, 5.41) is 0.